The SMILES string of the molecule is CC(=O)NCC1CCN(C(=O)c2cc(C(=O)O)on2)CC1. The molecule has 1 aromatic rings. The quantitative estimate of drug-likeness (QED) is 0.829. The van der Waals surface area contributed by atoms with Crippen LogP contribution in [0.3, 0.4) is 0 Å². The molecule has 2 N–H and O–H groups in total. The first-order valence-electron chi connectivity index (χ1n) is 6.71. The molecule has 8 heteroatoms. The molecule has 1 fully saturated rings. The highest BCUT2D eigenvalue weighted by atomic mass is 16.5. The number of carbonyl (C=O) groups excluding carboxylic acids is 2. The number of carbonyl (C=O) groups is 3. The molecule has 0 saturated carbocycles. The number of carboxylic acids is 1. The second kappa shape index (κ2) is 6.38. The van der Waals surface area contributed by atoms with E-state index >= 15 is 0 Å². The topological polar surface area (TPSA) is 113 Å². The third-order valence-electron chi connectivity index (χ3n) is 3.48. The van der Waals surface area contributed by atoms with E-state index in [0.717, 1.165) is 18.9 Å². The number of amides is 2. The highest BCUT2D eigenvalue weighted by Gasteiger charge is 2.26. The number of nitrogens with zero attached hydrogens (tertiary/aromatic N) is 2. The number of hydrogen-bond donors (Lipinski definition) is 2. The Hall–Kier alpha value is -2.38. The van der Waals surface area contributed by atoms with Crippen LogP contribution in [0.25, 0.3) is 0 Å². The van der Waals surface area contributed by atoms with Crippen LogP contribution < -0.4 is 5.32 Å². The molecule has 1 aliphatic rings. The lowest BCUT2D eigenvalue weighted by atomic mass is 9.96. The zero-order valence-corrected chi connectivity index (χ0v) is 11.7. The molecule has 8 nitrogen and oxygen atoms in total. The minimum absolute atomic E-state index is 0.00714. The van der Waals surface area contributed by atoms with E-state index in [-0.39, 0.29) is 23.3 Å². The van der Waals surface area contributed by atoms with Gasteiger partial charge in [0.25, 0.3) is 5.91 Å². The van der Waals surface area contributed by atoms with Crippen molar-refractivity contribution in [3.8, 4) is 0 Å². The van der Waals surface area contributed by atoms with Gasteiger partial charge in [0.2, 0.25) is 11.7 Å². The Labute approximate surface area is 121 Å². The number of likely N-dealkylation sites (tertiary alicyclic amines) is 1. The third kappa shape index (κ3) is 3.80. The molecule has 0 aromatic carbocycles. The van der Waals surface area contributed by atoms with E-state index in [4.69, 9.17) is 5.11 Å². The van der Waals surface area contributed by atoms with Crippen molar-refractivity contribution in [2.45, 2.75) is 19.8 Å². The Kier molecular flexibility index (Phi) is 4.56. The summed E-state index contributed by atoms with van der Waals surface area (Å²) in [6.07, 6.45) is 1.57. The fraction of sp³-hybridized carbons (Fsp3) is 0.538. The first kappa shape index (κ1) is 15.0. The molecule has 0 spiro atoms. The van der Waals surface area contributed by atoms with Gasteiger partial charge in [-0.1, -0.05) is 5.16 Å². The molecule has 0 aliphatic carbocycles. The maximum atomic E-state index is 12.1. The zero-order valence-electron chi connectivity index (χ0n) is 11.7. The highest BCUT2D eigenvalue weighted by molar-refractivity contribution is 5.94. The van der Waals surface area contributed by atoms with E-state index in [1.807, 2.05) is 0 Å². The van der Waals surface area contributed by atoms with Gasteiger partial charge in [-0.15, -0.1) is 0 Å². The van der Waals surface area contributed by atoms with Crippen LogP contribution in [0.15, 0.2) is 10.6 Å². The van der Waals surface area contributed by atoms with Crippen molar-refractivity contribution in [3.05, 3.63) is 17.5 Å². The maximum absolute atomic E-state index is 12.1. The van der Waals surface area contributed by atoms with Gasteiger partial charge in [0.05, 0.1) is 0 Å². The van der Waals surface area contributed by atoms with Crippen LogP contribution in [0.1, 0.15) is 40.8 Å². The number of nitrogens with one attached hydrogen (secondary N) is 1. The van der Waals surface area contributed by atoms with Crippen molar-refractivity contribution in [1.29, 1.82) is 0 Å². The maximum Gasteiger partial charge on any atom is 0.374 e. The van der Waals surface area contributed by atoms with Crippen molar-refractivity contribution >= 4 is 17.8 Å². The Bertz CT molecular complexity index is 546. The Morgan fingerprint density at radius 1 is 1.43 bits per heavy atom. The number of piperidine rings is 1. The van der Waals surface area contributed by atoms with Crippen LogP contribution in [0.5, 0.6) is 0 Å². The number of aromatic nitrogens is 1. The molecule has 2 amide bonds. The summed E-state index contributed by atoms with van der Waals surface area (Å²) < 4.78 is 4.58. The van der Waals surface area contributed by atoms with Gasteiger partial charge in [0, 0.05) is 32.6 Å². The summed E-state index contributed by atoms with van der Waals surface area (Å²) in [5.74, 6) is -1.64. The number of rotatable bonds is 4. The van der Waals surface area contributed by atoms with Crippen LogP contribution >= 0.6 is 0 Å². The van der Waals surface area contributed by atoms with Gasteiger partial charge in [0.1, 0.15) is 0 Å². The molecule has 1 aliphatic heterocycles. The predicted molar refractivity (Wildman–Crippen MR) is 70.8 cm³/mol. The molecular formula is C13H17N3O5. The normalized spacial score (nSPS) is 15.8. The van der Waals surface area contributed by atoms with E-state index in [9.17, 15) is 14.4 Å². The average molecular weight is 295 g/mol. The molecule has 114 valence electrons. The highest BCUT2D eigenvalue weighted by Crippen LogP contribution is 2.18. The van der Waals surface area contributed by atoms with Crippen molar-refractivity contribution in [2.75, 3.05) is 19.6 Å². The largest absolute Gasteiger partial charge is 0.475 e. The monoisotopic (exact) mass is 295 g/mol. The van der Waals surface area contributed by atoms with E-state index in [0.29, 0.717) is 25.6 Å². The van der Waals surface area contributed by atoms with Gasteiger partial charge in [-0.05, 0) is 18.8 Å². The second-order valence-electron chi connectivity index (χ2n) is 5.05. The molecule has 0 unspecified atom stereocenters. The molecule has 0 atom stereocenters. The fourth-order valence-corrected chi connectivity index (χ4v) is 2.27. The fourth-order valence-electron chi connectivity index (χ4n) is 2.27. The van der Waals surface area contributed by atoms with Crippen molar-refractivity contribution < 1.29 is 24.0 Å². The summed E-state index contributed by atoms with van der Waals surface area (Å²) in [6.45, 7) is 3.20. The van der Waals surface area contributed by atoms with Gasteiger partial charge in [-0.25, -0.2) is 4.79 Å². The van der Waals surface area contributed by atoms with Gasteiger partial charge >= 0.3 is 5.97 Å². The van der Waals surface area contributed by atoms with Crippen molar-refractivity contribution in [3.63, 3.8) is 0 Å². The summed E-state index contributed by atoms with van der Waals surface area (Å²) in [7, 11) is 0. The van der Waals surface area contributed by atoms with Crippen molar-refractivity contribution in [1.82, 2.24) is 15.4 Å². The van der Waals surface area contributed by atoms with E-state index in [2.05, 4.69) is 15.0 Å². The number of carboxylic acid groups (broad SMARTS) is 1. The summed E-state index contributed by atoms with van der Waals surface area (Å²) in [5.41, 5.74) is 0.00714. The third-order valence-corrected chi connectivity index (χ3v) is 3.48. The van der Waals surface area contributed by atoms with Crippen LogP contribution in [0.2, 0.25) is 0 Å². The predicted octanol–water partition coefficient (Wildman–Crippen LogP) is 0.361. The van der Waals surface area contributed by atoms with Crippen LogP contribution in [0.4, 0.5) is 0 Å². The molecule has 21 heavy (non-hydrogen) atoms. The molecule has 2 rings (SSSR count). The standard InChI is InChI=1S/C13H17N3O5/c1-8(17)14-7-9-2-4-16(5-3-9)12(18)10-6-11(13(19)20)21-15-10/h6,9H,2-5,7H2,1H3,(H,14,17)(H,19,20). The minimum Gasteiger partial charge on any atom is -0.475 e. The molecule has 0 bridgehead atoms. The van der Waals surface area contributed by atoms with Gasteiger partial charge in [-0.3, -0.25) is 9.59 Å². The summed E-state index contributed by atoms with van der Waals surface area (Å²) in [5, 5.41) is 15.0. The smallest absolute Gasteiger partial charge is 0.374 e. The zero-order chi connectivity index (χ0) is 15.4. The summed E-state index contributed by atoms with van der Waals surface area (Å²) in [6, 6.07) is 1.13. The van der Waals surface area contributed by atoms with Crippen LogP contribution in [0, 0.1) is 5.92 Å². The summed E-state index contributed by atoms with van der Waals surface area (Å²) in [4.78, 5) is 35.3. The van der Waals surface area contributed by atoms with Crippen molar-refractivity contribution in [2.24, 2.45) is 5.92 Å². The van der Waals surface area contributed by atoms with E-state index in [1.165, 1.54) is 6.92 Å². The molecule has 0 radical (unpaired) electrons. The van der Waals surface area contributed by atoms with Gasteiger partial charge in [0.15, 0.2) is 5.69 Å². The second-order valence-corrected chi connectivity index (χ2v) is 5.05. The number of hydrogen-bond acceptors (Lipinski definition) is 5. The molecular weight excluding hydrogens is 278 g/mol. The molecule has 1 saturated heterocycles. The lowest BCUT2D eigenvalue weighted by Gasteiger charge is -2.31. The van der Waals surface area contributed by atoms with Crippen LogP contribution in [-0.4, -0.2) is 52.6 Å². The Morgan fingerprint density at radius 2 is 2.10 bits per heavy atom. The molecule has 2 heterocycles. The van der Waals surface area contributed by atoms with Gasteiger partial charge in [-0.2, -0.15) is 0 Å². The Morgan fingerprint density at radius 3 is 2.62 bits per heavy atom. The van der Waals surface area contributed by atoms with Gasteiger partial charge < -0.3 is 19.8 Å². The first-order valence-corrected chi connectivity index (χ1v) is 6.71. The minimum atomic E-state index is -1.25. The summed E-state index contributed by atoms with van der Waals surface area (Å²) >= 11 is 0. The lowest BCUT2D eigenvalue weighted by Crippen LogP contribution is -2.41. The lowest BCUT2D eigenvalue weighted by molar-refractivity contribution is -0.119. The molecule has 1 aromatic heterocycles. The van der Waals surface area contributed by atoms with E-state index in [1.54, 1.807) is 4.90 Å². The van der Waals surface area contributed by atoms with E-state index < -0.39 is 5.97 Å². The average Bonchev–Trinajstić information content (AvgIpc) is 2.95. The first-order chi connectivity index (χ1) is 9.97. The Balaban J connectivity index is 1.87. The van der Waals surface area contributed by atoms with Crippen LogP contribution in [-0.2, 0) is 4.79 Å². The number of aromatic carboxylic acids is 1.